The van der Waals surface area contributed by atoms with E-state index in [1.807, 2.05) is 7.05 Å². The lowest BCUT2D eigenvalue weighted by Crippen LogP contribution is -2.49. The molecule has 0 bridgehead atoms. The van der Waals surface area contributed by atoms with E-state index in [1.54, 1.807) is 4.31 Å². The molecule has 1 saturated carbocycles. The van der Waals surface area contributed by atoms with Crippen LogP contribution in [0.25, 0.3) is 0 Å². The van der Waals surface area contributed by atoms with Crippen molar-refractivity contribution in [2.45, 2.75) is 45.1 Å². The van der Waals surface area contributed by atoms with E-state index in [0.29, 0.717) is 24.9 Å². The van der Waals surface area contributed by atoms with Crippen LogP contribution in [0, 0.1) is 11.8 Å². The van der Waals surface area contributed by atoms with Crippen LogP contribution in [0.15, 0.2) is 0 Å². The Hall–Kier alpha value is -0.170. The summed E-state index contributed by atoms with van der Waals surface area (Å²) >= 11 is 0. The molecule has 2 fully saturated rings. The molecule has 1 saturated heterocycles. The number of nitrogens with one attached hydrogen (secondary N) is 2. The molecular formula is C13H27N3O2S. The summed E-state index contributed by atoms with van der Waals surface area (Å²) in [6.45, 7) is 4.40. The average Bonchev–Trinajstić information content (AvgIpc) is 2.75. The summed E-state index contributed by atoms with van der Waals surface area (Å²) in [4.78, 5) is 0. The third-order valence-electron chi connectivity index (χ3n) is 4.32. The van der Waals surface area contributed by atoms with Crippen molar-refractivity contribution < 1.29 is 8.42 Å². The molecule has 19 heavy (non-hydrogen) atoms. The molecule has 3 atom stereocenters. The van der Waals surface area contributed by atoms with Gasteiger partial charge in [-0.05, 0) is 57.5 Å². The van der Waals surface area contributed by atoms with Crippen molar-refractivity contribution in [3.8, 4) is 0 Å². The van der Waals surface area contributed by atoms with Crippen LogP contribution in [-0.4, -0.2) is 45.4 Å². The molecule has 0 aromatic heterocycles. The van der Waals surface area contributed by atoms with Gasteiger partial charge < -0.3 is 5.32 Å². The van der Waals surface area contributed by atoms with Gasteiger partial charge in [0.05, 0.1) is 0 Å². The zero-order valence-corrected chi connectivity index (χ0v) is 12.9. The predicted molar refractivity (Wildman–Crippen MR) is 77.1 cm³/mol. The monoisotopic (exact) mass is 289 g/mol. The minimum absolute atomic E-state index is 0.143. The third-order valence-corrected chi connectivity index (χ3v) is 5.97. The number of piperidine rings is 1. The zero-order valence-electron chi connectivity index (χ0n) is 12.1. The van der Waals surface area contributed by atoms with Crippen molar-refractivity contribution in [3.63, 3.8) is 0 Å². The highest BCUT2D eigenvalue weighted by Crippen LogP contribution is 2.26. The Balaban J connectivity index is 1.91. The molecule has 0 aromatic rings. The second-order valence-corrected chi connectivity index (χ2v) is 7.86. The molecule has 112 valence electrons. The fourth-order valence-electron chi connectivity index (χ4n) is 3.30. The van der Waals surface area contributed by atoms with Crippen LogP contribution in [0.4, 0.5) is 0 Å². The number of hydrogen-bond donors (Lipinski definition) is 2. The van der Waals surface area contributed by atoms with Gasteiger partial charge in [-0.25, -0.2) is 0 Å². The number of hydrogen-bond acceptors (Lipinski definition) is 3. The SMILES string of the molecule is CNCC1CCCN(S(=O)(=O)NC2CCC(C)C2)C1. The molecule has 2 aliphatic rings. The topological polar surface area (TPSA) is 61.4 Å². The van der Waals surface area contributed by atoms with Gasteiger partial charge in [0, 0.05) is 19.1 Å². The summed E-state index contributed by atoms with van der Waals surface area (Å²) in [5, 5.41) is 3.15. The Labute approximate surface area is 117 Å². The lowest BCUT2D eigenvalue weighted by molar-refractivity contribution is 0.259. The quantitative estimate of drug-likeness (QED) is 0.792. The fraction of sp³-hybridized carbons (Fsp3) is 1.00. The molecule has 2 N–H and O–H groups in total. The molecule has 5 nitrogen and oxygen atoms in total. The first-order valence-corrected chi connectivity index (χ1v) is 8.87. The first-order valence-electron chi connectivity index (χ1n) is 7.43. The van der Waals surface area contributed by atoms with Crippen LogP contribution in [0.1, 0.15) is 39.0 Å². The van der Waals surface area contributed by atoms with Crippen molar-refractivity contribution >= 4 is 10.2 Å². The first kappa shape index (κ1) is 15.2. The summed E-state index contributed by atoms with van der Waals surface area (Å²) in [7, 11) is -1.36. The van der Waals surface area contributed by atoms with Gasteiger partial charge in [-0.2, -0.15) is 17.4 Å². The van der Waals surface area contributed by atoms with E-state index in [0.717, 1.165) is 38.6 Å². The van der Waals surface area contributed by atoms with Crippen LogP contribution >= 0.6 is 0 Å². The number of nitrogens with zero attached hydrogens (tertiary/aromatic N) is 1. The molecular weight excluding hydrogens is 262 g/mol. The van der Waals surface area contributed by atoms with E-state index in [2.05, 4.69) is 17.0 Å². The standard InChI is InChI=1S/C13H27N3O2S/c1-11-5-6-13(8-11)15-19(17,18)16-7-3-4-12(10-16)9-14-2/h11-15H,3-10H2,1-2H3. The van der Waals surface area contributed by atoms with Crippen LogP contribution in [0.2, 0.25) is 0 Å². The van der Waals surface area contributed by atoms with Crippen molar-refractivity contribution in [3.05, 3.63) is 0 Å². The van der Waals surface area contributed by atoms with Crippen LogP contribution in [0.3, 0.4) is 0 Å². The summed E-state index contributed by atoms with van der Waals surface area (Å²) in [6.07, 6.45) is 5.18. The summed E-state index contributed by atoms with van der Waals surface area (Å²) < 4.78 is 29.3. The van der Waals surface area contributed by atoms with Crippen molar-refractivity contribution in [1.29, 1.82) is 0 Å². The van der Waals surface area contributed by atoms with Gasteiger partial charge in [0.2, 0.25) is 0 Å². The van der Waals surface area contributed by atoms with Gasteiger partial charge in [-0.3, -0.25) is 0 Å². The maximum Gasteiger partial charge on any atom is 0.279 e. The lowest BCUT2D eigenvalue weighted by Gasteiger charge is -2.32. The Bertz CT molecular complexity index is 383. The smallest absolute Gasteiger partial charge is 0.279 e. The van der Waals surface area contributed by atoms with Crippen LogP contribution < -0.4 is 10.0 Å². The molecule has 2 rings (SSSR count). The van der Waals surface area contributed by atoms with Crippen LogP contribution in [-0.2, 0) is 10.2 Å². The Morgan fingerprint density at radius 3 is 2.68 bits per heavy atom. The van der Waals surface area contributed by atoms with Crippen molar-refractivity contribution in [1.82, 2.24) is 14.3 Å². The highest BCUT2D eigenvalue weighted by Gasteiger charge is 2.32. The van der Waals surface area contributed by atoms with Gasteiger partial charge in [-0.1, -0.05) is 6.92 Å². The maximum absolute atomic E-state index is 12.4. The van der Waals surface area contributed by atoms with Gasteiger partial charge >= 0.3 is 0 Å². The Kier molecular flexibility index (Phi) is 5.22. The zero-order chi connectivity index (χ0) is 13.9. The van der Waals surface area contributed by atoms with Crippen molar-refractivity contribution in [2.75, 3.05) is 26.7 Å². The largest absolute Gasteiger partial charge is 0.319 e. The molecule has 0 amide bonds. The molecule has 0 aromatic carbocycles. The van der Waals surface area contributed by atoms with E-state index in [-0.39, 0.29) is 6.04 Å². The van der Waals surface area contributed by atoms with Crippen LogP contribution in [0.5, 0.6) is 0 Å². The summed E-state index contributed by atoms with van der Waals surface area (Å²) in [5.74, 6) is 1.09. The minimum atomic E-state index is -3.29. The molecule has 6 heteroatoms. The van der Waals surface area contributed by atoms with Crippen molar-refractivity contribution in [2.24, 2.45) is 11.8 Å². The normalized spacial score (nSPS) is 33.7. The second kappa shape index (κ2) is 6.52. The minimum Gasteiger partial charge on any atom is -0.319 e. The highest BCUT2D eigenvalue weighted by molar-refractivity contribution is 7.87. The predicted octanol–water partition coefficient (Wildman–Crippen LogP) is 0.941. The molecule has 0 spiro atoms. The first-order chi connectivity index (χ1) is 9.01. The molecule has 1 aliphatic carbocycles. The summed E-state index contributed by atoms with van der Waals surface area (Å²) in [5.41, 5.74) is 0. The molecule has 1 heterocycles. The van der Waals surface area contributed by atoms with E-state index in [1.165, 1.54) is 0 Å². The number of rotatable bonds is 5. The van der Waals surface area contributed by atoms with E-state index < -0.39 is 10.2 Å². The molecule has 1 aliphatic heterocycles. The second-order valence-electron chi connectivity index (χ2n) is 6.16. The third kappa shape index (κ3) is 4.15. The van der Waals surface area contributed by atoms with Gasteiger partial charge in [0.1, 0.15) is 0 Å². The average molecular weight is 289 g/mol. The van der Waals surface area contributed by atoms with E-state index >= 15 is 0 Å². The highest BCUT2D eigenvalue weighted by atomic mass is 32.2. The summed E-state index contributed by atoms with van der Waals surface area (Å²) in [6, 6.07) is 0.143. The van der Waals surface area contributed by atoms with Gasteiger partial charge in [0.15, 0.2) is 0 Å². The van der Waals surface area contributed by atoms with Gasteiger partial charge in [0.25, 0.3) is 10.2 Å². The fourth-order valence-corrected chi connectivity index (χ4v) is 4.86. The van der Waals surface area contributed by atoms with Gasteiger partial charge in [-0.15, -0.1) is 0 Å². The Morgan fingerprint density at radius 1 is 1.26 bits per heavy atom. The Morgan fingerprint density at radius 2 is 2.05 bits per heavy atom. The molecule has 3 unspecified atom stereocenters. The molecule has 0 radical (unpaired) electrons. The van der Waals surface area contributed by atoms with E-state index in [4.69, 9.17) is 0 Å². The van der Waals surface area contributed by atoms with E-state index in [9.17, 15) is 8.42 Å². The lowest BCUT2D eigenvalue weighted by atomic mass is 10.00. The maximum atomic E-state index is 12.4.